The first kappa shape index (κ1) is 26.0. The van der Waals surface area contributed by atoms with Crippen molar-refractivity contribution in [2.24, 2.45) is 0 Å². The normalized spacial score (nSPS) is 13.9. The topological polar surface area (TPSA) is 89.4 Å². The third-order valence-electron chi connectivity index (χ3n) is 6.53. The number of nitrogens with one attached hydrogen (secondary N) is 1. The molecule has 0 radical (unpaired) electrons. The summed E-state index contributed by atoms with van der Waals surface area (Å²) in [4.78, 5) is 31.4. The molecule has 1 aromatic heterocycles. The van der Waals surface area contributed by atoms with Crippen LogP contribution in [0.5, 0.6) is 5.75 Å². The first-order valence-electron chi connectivity index (χ1n) is 12.3. The van der Waals surface area contributed by atoms with Gasteiger partial charge in [-0.25, -0.2) is 14.1 Å². The van der Waals surface area contributed by atoms with Crippen LogP contribution in [0.4, 0.5) is 18.9 Å². The summed E-state index contributed by atoms with van der Waals surface area (Å²) in [7, 11) is 0. The van der Waals surface area contributed by atoms with E-state index in [9.17, 15) is 22.8 Å². The Labute approximate surface area is 222 Å². The molecule has 4 aromatic rings. The van der Waals surface area contributed by atoms with Crippen LogP contribution in [0.25, 0.3) is 5.69 Å². The predicted molar refractivity (Wildman–Crippen MR) is 137 cm³/mol. The van der Waals surface area contributed by atoms with Gasteiger partial charge in [0, 0.05) is 18.8 Å². The van der Waals surface area contributed by atoms with Gasteiger partial charge in [0.05, 0.1) is 11.3 Å². The minimum atomic E-state index is -3.03. The highest BCUT2D eigenvalue weighted by atomic mass is 19.3. The van der Waals surface area contributed by atoms with Crippen LogP contribution in [0.3, 0.4) is 0 Å². The number of nitrogens with zero attached hydrogens (tertiary/aromatic N) is 4. The first-order valence-corrected chi connectivity index (χ1v) is 12.3. The smallest absolute Gasteiger partial charge is 0.387 e. The van der Waals surface area contributed by atoms with Crippen LogP contribution in [-0.4, -0.2) is 51.2 Å². The summed E-state index contributed by atoms with van der Waals surface area (Å²) in [5.74, 6) is -1.16. The van der Waals surface area contributed by atoms with E-state index in [0.717, 1.165) is 18.4 Å². The van der Waals surface area contributed by atoms with Crippen LogP contribution in [0.2, 0.25) is 0 Å². The van der Waals surface area contributed by atoms with Crippen molar-refractivity contribution in [1.29, 1.82) is 0 Å². The molecule has 1 fully saturated rings. The fraction of sp³-hybridized carbons (Fsp3) is 0.214. The number of amides is 2. The van der Waals surface area contributed by atoms with E-state index >= 15 is 0 Å². The number of aromatic nitrogens is 3. The molecule has 2 amide bonds. The maximum atomic E-state index is 13.5. The second-order valence-electron chi connectivity index (χ2n) is 9.01. The van der Waals surface area contributed by atoms with Gasteiger partial charge in [-0.2, -0.15) is 8.78 Å². The Balaban J connectivity index is 1.17. The number of likely N-dealkylation sites (tertiary alicyclic amines) is 1. The lowest BCUT2D eigenvalue weighted by Crippen LogP contribution is -2.38. The molecular formula is C28H24F3N5O3. The summed E-state index contributed by atoms with van der Waals surface area (Å²) in [5, 5.41) is 6.92. The number of carbonyl (C=O) groups is 2. The molecule has 3 aromatic carbocycles. The number of hydrogen-bond acceptors (Lipinski definition) is 5. The zero-order chi connectivity index (χ0) is 27.4. The Morgan fingerprint density at radius 3 is 2.44 bits per heavy atom. The molecule has 1 saturated heterocycles. The van der Waals surface area contributed by atoms with Gasteiger partial charge >= 0.3 is 6.61 Å². The fourth-order valence-electron chi connectivity index (χ4n) is 4.55. The number of benzene rings is 3. The summed E-state index contributed by atoms with van der Waals surface area (Å²) < 4.78 is 44.6. The van der Waals surface area contributed by atoms with E-state index < -0.39 is 18.3 Å². The molecular weight excluding hydrogens is 511 g/mol. The van der Waals surface area contributed by atoms with Crippen LogP contribution in [0.15, 0.2) is 79.1 Å². The largest absolute Gasteiger partial charge is 0.434 e. The number of ether oxygens (including phenoxy) is 1. The highest BCUT2D eigenvalue weighted by Crippen LogP contribution is 2.30. The highest BCUT2D eigenvalue weighted by molar-refractivity contribution is 6.06. The molecule has 200 valence electrons. The molecule has 1 aliphatic rings. The lowest BCUT2D eigenvalue weighted by atomic mass is 9.89. The van der Waals surface area contributed by atoms with Crippen molar-refractivity contribution in [2.75, 3.05) is 18.4 Å². The molecule has 0 bridgehead atoms. The number of rotatable bonds is 7. The minimum absolute atomic E-state index is 0.00849. The molecule has 8 nitrogen and oxygen atoms in total. The third-order valence-corrected chi connectivity index (χ3v) is 6.53. The monoisotopic (exact) mass is 535 g/mol. The van der Waals surface area contributed by atoms with Gasteiger partial charge in [0.2, 0.25) is 5.82 Å². The summed E-state index contributed by atoms with van der Waals surface area (Å²) in [5.41, 5.74) is 2.07. The molecule has 0 aliphatic carbocycles. The fourth-order valence-corrected chi connectivity index (χ4v) is 4.55. The van der Waals surface area contributed by atoms with Crippen LogP contribution >= 0.6 is 0 Å². The van der Waals surface area contributed by atoms with Crippen molar-refractivity contribution in [1.82, 2.24) is 19.7 Å². The molecule has 39 heavy (non-hydrogen) atoms. The molecule has 1 N–H and O–H groups in total. The number of piperidine rings is 1. The van der Waals surface area contributed by atoms with Gasteiger partial charge in [-0.15, -0.1) is 5.10 Å². The maximum absolute atomic E-state index is 13.5. The number of alkyl halides is 2. The van der Waals surface area contributed by atoms with Gasteiger partial charge in [-0.1, -0.05) is 30.3 Å². The SMILES string of the molecule is O=C(Nc1ccc(C2CCN(C(=O)c3ncn(-c4cccc(F)c4)n3)CC2)cc1)c1ccccc1OC(F)F. The Hall–Kier alpha value is -4.67. The van der Waals surface area contributed by atoms with Crippen LogP contribution in [0.1, 0.15) is 45.3 Å². The Bertz CT molecular complexity index is 1470. The maximum Gasteiger partial charge on any atom is 0.387 e. The molecule has 1 aliphatic heterocycles. The van der Waals surface area contributed by atoms with Gasteiger partial charge < -0.3 is 15.0 Å². The van der Waals surface area contributed by atoms with Crippen molar-refractivity contribution < 1.29 is 27.5 Å². The number of halogens is 3. The van der Waals surface area contributed by atoms with Crippen molar-refractivity contribution in [2.45, 2.75) is 25.4 Å². The Morgan fingerprint density at radius 1 is 0.974 bits per heavy atom. The van der Waals surface area contributed by atoms with Crippen molar-refractivity contribution in [3.63, 3.8) is 0 Å². The van der Waals surface area contributed by atoms with E-state index in [2.05, 4.69) is 20.1 Å². The van der Waals surface area contributed by atoms with Gasteiger partial charge in [-0.3, -0.25) is 9.59 Å². The van der Waals surface area contributed by atoms with E-state index in [4.69, 9.17) is 0 Å². The Kier molecular flexibility index (Phi) is 7.57. The summed E-state index contributed by atoms with van der Waals surface area (Å²) in [6.45, 7) is -1.98. The third kappa shape index (κ3) is 6.08. The number of anilines is 1. The van der Waals surface area contributed by atoms with Gasteiger partial charge in [0.1, 0.15) is 17.9 Å². The van der Waals surface area contributed by atoms with E-state index in [0.29, 0.717) is 24.5 Å². The van der Waals surface area contributed by atoms with E-state index in [1.165, 1.54) is 41.3 Å². The van der Waals surface area contributed by atoms with Crippen LogP contribution in [-0.2, 0) is 0 Å². The standard InChI is InChI=1S/C28H24F3N5O3/c29-20-4-3-5-22(16-20)36-17-32-25(34-36)27(38)35-14-12-19(13-15-35)18-8-10-21(11-9-18)33-26(37)23-6-1-2-7-24(23)39-28(30)31/h1-11,16-17,19,28H,12-15H2,(H,33,37). The van der Waals surface area contributed by atoms with Crippen molar-refractivity contribution >= 4 is 17.5 Å². The molecule has 0 spiro atoms. The quantitative estimate of drug-likeness (QED) is 0.348. The average Bonchev–Trinajstić information content (AvgIpc) is 3.44. The summed E-state index contributed by atoms with van der Waals surface area (Å²) >= 11 is 0. The van der Waals surface area contributed by atoms with Gasteiger partial charge in [-0.05, 0) is 66.8 Å². The molecule has 11 heteroatoms. The van der Waals surface area contributed by atoms with Gasteiger partial charge in [0.25, 0.3) is 11.8 Å². The van der Waals surface area contributed by atoms with Crippen molar-refractivity contribution in [3.05, 3.63) is 102 Å². The van der Waals surface area contributed by atoms with Crippen LogP contribution < -0.4 is 10.1 Å². The van der Waals surface area contributed by atoms with Crippen molar-refractivity contribution in [3.8, 4) is 11.4 Å². The summed E-state index contributed by atoms with van der Waals surface area (Å²) in [6.07, 6.45) is 2.86. The zero-order valence-corrected chi connectivity index (χ0v) is 20.6. The molecule has 0 unspecified atom stereocenters. The predicted octanol–water partition coefficient (Wildman–Crippen LogP) is 5.28. The number of para-hydroxylation sites is 1. The highest BCUT2D eigenvalue weighted by Gasteiger charge is 2.27. The number of carbonyl (C=O) groups excluding carboxylic acids is 2. The molecule has 0 saturated carbocycles. The zero-order valence-electron chi connectivity index (χ0n) is 20.6. The van der Waals surface area contributed by atoms with Gasteiger partial charge in [0.15, 0.2) is 0 Å². The summed E-state index contributed by atoms with van der Waals surface area (Å²) in [6, 6.07) is 19.0. The van der Waals surface area contributed by atoms with Crippen LogP contribution in [0, 0.1) is 5.82 Å². The molecule has 0 atom stereocenters. The first-order chi connectivity index (χ1) is 18.9. The average molecular weight is 536 g/mol. The number of hydrogen-bond donors (Lipinski definition) is 1. The van der Waals surface area contributed by atoms with E-state index in [1.54, 1.807) is 35.2 Å². The lowest BCUT2D eigenvalue weighted by Gasteiger charge is -2.31. The molecule has 2 heterocycles. The Morgan fingerprint density at radius 2 is 1.72 bits per heavy atom. The minimum Gasteiger partial charge on any atom is -0.434 e. The van der Waals surface area contributed by atoms with E-state index in [1.807, 2.05) is 12.1 Å². The molecule has 5 rings (SSSR count). The van der Waals surface area contributed by atoms with E-state index in [-0.39, 0.29) is 29.0 Å². The second kappa shape index (κ2) is 11.4. The second-order valence-corrected chi connectivity index (χ2v) is 9.01. The lowest BCUT2D eigenvalue weighted by molar-refractivity contribution is -0.0501.